The minimum Gasteiger partial charge on any atom is -0.267 e. The Morgan fingerprint density at radius 1 is 1.17 bits per heavy atom. The molecule has 1 aromatic carbocycles. The molecular weight excluding hydrogens is 337 g/mol. The molecule has 0 fully saturated rings. The van der Waals surface area contributed by atoms with Gasteiger partial charge in [0, 0.05) is 5.25 Å². The molecule has 0 radical (unpaired) electrons. The lowest BCUT2D eigenvalue weighted by molar-refractivity contribution is -0.145. The van der Waals surface area contributed by atoms with Gasteiger partial charge in [0.2, 0.25) is 5.82 Å². The Morgan fingerprint density at radius 2 is 1.92 bits per heavy atom. The molecule has 3 rings (SSSR count). The van der Waals surface area contributed by atoms with E-state index in [1.54, 1.807) is 24.3 Å². The first-order valence-electron chi connectivity index (χ1n) is 7.83. The van der Waals surface area contributed by atoms with Gasteiger partial charge >= 0.3 is 6.18 Å². The quantitative estimate of drug-likeness (QED) is 0.607. The third kappa shape index (κ3) is 3.07. The van der Waals surface area contributed by atoms with E-state index in [1.807, 2.05) is 0 Å². The van der Waals surface area contributed by atoms with E-state index in [0.29, 0.717) is 21.3 Å². The summed E-state index contributed by atoms with van der Waals surface area (Å²) < 4.78 is 41.0. The molecule has 0 N–H and O–H groups in total. The van der Waals surface area contributed by atoms with Gasteiger partial charge in [0.1, 0.15) is 5.03 Å². The van der Waals surface area contributed by atoms with Crippen molar-refractivity contribution in [3.8, 4) is 0 Å². The molecule has 3 aromatic rings. The molecule has 8 heteroatoms. The third-order valence-corrected chi connectivity index (χ3v) is 5.20. The molecule has 0 aliphatic heterocycles. The predicted molar refractivity (Wildman–Crippen MR) is 88.1 cm³/mol. The molecule has 2 heterocycles. The fraction of sp³-hybridized carbons (Fsp3) is 0.438. The molecule has 1 atom stereocenters. The first kappa shape index (κ1) is 17.0. The fourth-order valence-corrected chi connectivity index (χ4v) is 3.87. The van der Waals surface area contributed by atoms with Crippen LogP contribution in [0.2, 0.25) is 0 Å². The van der Waals surface area contributed by atoms with Crippen LogP contribution in [0.15, 0.2) is 29.3 Å². The van der Waals surface area contributed by atoms with Crippen molar-refractivity contribution in [3.63, 3.8) is 0 Å². The maximum Gasteiger partial charge on any atom is 0.452 e. The Bertz CT molecular complexity index is 860. The van der Waals surface area contributed by atoms with Crippen molar-refractivity contribution >= 4 is 28.4 Å². The molecule has 0 spiro atoms. The van der Waals surface area contributed by atoms with Crippen LogP contribution in [-0.2, 0) is 6.18 Å². The van der Waals surface area contributed by atoms with Crippen LogP contribution >= 0.6 is 11.8 Å². The summed E-state index contributed by atoms with van der Waals surface area (Å²) in [6.07, 6.45) is -1.67. The van der Waals surface area contributed by atoms with Gasteiger partial charge in [0.25, 0.3) is 0 Å². The van der Waals surface area contributed by atoms with E-state index in [-0.39, 0.29) is 5.65 Å². The summed E-state index contributed by atoms with van der Waals surface area (Å²) in [6, 6.07) is 6.75. The van der Waals surface area contributed by atoms with Gasteiger partial charge in [-0.15, -0.1) is 10.2 Å². The molecule has 0 saturated heterocycles. The van der Waals surface area contributed by atoms with Crippen LogP contribution in [0, 0.1) is 0 Å². The van der Waals surface area contributed by atoms with E-state index in [4.69, 9.17) is 0 Å². The second-order valence-corrected chi connectivity index (χ2v) is 6.81. The van der Waals surface area contributed by atoms with E-state index in [2.05, 4.69) is 29.0 Å². The highest BCUT2D eigenvalue weighted by Gasteiger charge is 2.38. The first-order chi connectivity index (χ1) is 11.5. The summed E-state index contributed by atoms with van der Waals surface area (Å²) in [4.78, 5) is 4.54. The Morgan fingerprint density at radius 3 is 2.58 bits per heavy atom. The van der Waals surface area contributed by atoms with Crippen LogP contribution in [0.25, 0.3) is 16.7 Å². The molecule has 0 saturated carbocycles. The number of fused-ring (bicyclic) bond motifs is 3. The highest BCUT2D eigenvalue weighted by Crippen LogP contribution is 2.35. The number of para-hydroxylation sites is 2. The van der Waals surface area contributed by atoms with Crippen molar-refractivity contribution < 1.29 is 13.2 Å². The smallest absolute Gasteiger partial charge is 0.267 e. The van der Waals surface area contributed by atoms with Crippen molar-refractivity contribution in [1.29, 1.82) is 0 Å². The first-order valence-corrected chi connectivity index (χ1v) is 8.71. The molecule has 0 aliphatic carbocycles. The average molecular weight is 354 g/mol. The second-order valence-electron chi connectivity index (χ2n) is 5.52. The van der Waals surface area contributed by atoms with E-state index >= 15 is 0 Å². The Hall–Kier alpha value is -1.83. The van der Waals surface area contributed by atoms with E-state index in [1.165, 1.54) is 11.8 Å². The van der Waals surface area contributed by atoms with Crippen LogP contribution in [0.5, 0.6) is 0 Å². The van der Waals surface area contributed by atoms with Crippen LogP contribution in [0.3, 0.4) is 0 Å². The number of hydrogen-bond acceptors (Lipinski definition) is 4. The average Bonchev–Trinajstić information content (AvgIpc) is 3.00. The number of aromatic nitrogens is 4. The summed E-state index contributed by atoms with van der Waals surface area (Å²) in [7, 11) is 0. The minimum atomic E-state index is -4.57. The molecule has 1 unspecified atom stereocenters. The highest BCUT2D eigenvalue weighted by molar-refractivity contribution is 8.00. The molecule has 0 aliphatic rings. The van der Waals surface area contributed by atoms with Crippen LogP contribution in [-0.4, -0.2) is 24.8 Å². The molecule has 4 nitrogen and oxygen atoms in total. The SMILES string of the molecule is CCCC(CC)Sc1nc2ccccc2n2c(C(F)(F)F)nnc12. The van der Waals surface area contributed by atoms with Gasteiger partial charge in [-0.2, -0.15) is 13.2 Å². The standard InChI is InChI=1S/C16H17F3N4S/c1-3-7-10(4-2)24-14-13-21-22-15(16(17,18)19)23(13)12-9-6-5-8-11(12)20-14/h5-6,8-10H,3-4,7H2,1-2H3. The zero-order valence-electron chi connectivity index (χ0n) is 13.3. The van der Waals surface area contributed by atoms with E-state index in [0.717, 1.165) is 23.7 Å². The van der Waals surface area contributed by atoms with Gasteiger partial charge in [-0.3, -0.25) is 4.40 Å². The lowest BCUT2D eigenvalue weighted by Crippen LogP contribution is -2.12. The van der Waals surface area contributed by atoms with Crippen LogP contribution < -0.4 is 0 Å². The summed E-state index contributed by atoms with van der Waals surface area (Å²) in [6.45, 7) is 4.15. The number of thioether (sulfide) groups is 1. The molecule has 0 amide bonds. The number of alkyl halides is 3. The van der Waals surface area contributed by atoms with E-state index < -0.39 is 12.0 Å². The minimum absolute atomic E-state index is 0.167. The van der Waals surface area contributed by atoms with Crippen molar-refractivity contribution in [2.24, 2.45) is 0 Å². The lowest BCUT2D eigenvalue weighted by atomic mass is 10.2. The summed E-state index contributed by atoms with van der Waals surface area (Å²) in [5.74, 6) is -1.01. The molecule has 2 aromatic heterocycles. The fourth-order valence-electron chi connectivity index (χ4n) is 2.65. The lowest BCUT2D eigenvalue weighted by Gasteiger charge is -2.14. The van der Waals surface area contributed by atoms with Crippen molar-refractivity contribution in [2.75, 3.05) is 0 Å². The summed E-state index contributed by atoms with van der Waals surface area (Å²) in [5, 5.41) is 7.97. The van der Waals surface area contributed by atoms with Gasteiger partial charge < -0.3 is 0 Å². The maximum absolute atomic E-state index is 13.3. The van der Waals surface area contributed by atoms with Crippen LogP contribution in [0.1, 0.15) is 38.9 Å². The van der Waals surface area contributed by atoms with Gasteiger partial charge in [-0.1, -0.05) is 44.2 Å². The van der Waals surface area contributed by atoms with Crippen LogP contribution in [0.4, 0.5) is 13.2 Å². The normalized spacial score (nSPS) is 13.7. The molecule has 24 heavy (non-hydrogen) atoms. The summed E-state index contributed by atoms with van der Waals surface area (Å²) in [5.41, 5.74) is 1.03. The Labute approximate surface area is 141 Å². The number of nitrogens with zero attached hydrogens (tertiary/aromatic N) is 4. The molecule has 0 bridgehead atoms. The number of hydrogen-bond donors (Lipinski definition) is 0. The third-order valence-electron chi connectivity index (χ3n) is 3.80. The number of benzene rings is 1. The zero-order chi connectivity index (χ0) is 17.3. The number of rotatable bonds is 5. The zero-order valence-corrected chi connectivity index (χ0v) is 14.2. The largest absolute Gasteiger partial charge is 0.452 e. The maximum atomic E-state index is 13.3. The van der Waals surface area contributed by atoms with E-state index in [9.17, 15) is 13.2 Å². The topological polar surface area (TPSA) is 43.1 Å². The number of halogens is 3. The Balaban J connectivity index is 2.24. The van der Waals surface area contributed by atoms with Crippen molar-refractivity contribution in [2.45, 2.75) is 49.6 Å². The predicted octanol–water partition coefficient (Wildman–Crippen LogP) is 4.97. The highest BCUT2D eigenvalue weighted by atomic mass is 32.2. The molecular formula is C16H17F3N4S. The van der Waals surface area contributed by atoms with Gasteiger partial charge in [0.15, 0.2) is 5.65 Å². The van der Waals surface area contributed by atoms with Gasteiger partial charge in [0.05, 0.1) is 11.0 Å². The molecule has 128 valence electrons. The van der Waals surface area contributed by atoms with Gasteiger partial charge in [-0.25, -0.2) is 4.98 Å². The summed E-state index contributed by atoms with van der Waals surface area (Å²) >= 11 is 1.48. The van der Waals surface area contributed by atoms with Crippen molar-refractivity contribution in [1.82, 2.24) is 19.6 Å². The van der Waals surface area contributed by atoms with Crippen molar-refractivity contribution in [3.05, 3.63) is 30.1 Å². The Kier molecular flexibility index (Phi) is 4.67. The monoisotopic (exact) mass is 354 g/mol. The van der Waals surface area contributed by atoms with Gasteiger partial charge in [-0.05, 0) is 25.0 Å². The second kappa shape index (κ2) is 6.58.